The molecule has 0 aliphatic heterocycles. The molecular weight excluding hydrogens is 138 g/mol. The molecule has 0 aromatic rings. The van der Waals surface area contributed by atoms with E-state index in [4.69, 9.17) is 10.5 Å². The minimum Gasteiger partial charge on any atom is -0.304 e. The highest BCUT2D eigenvalue weighted by Gasteiger charge is 2.01. The van der Waals surface area contributed by atoms with Crippen LogP contribution in [0.4, 0.5) is 0 Å². The number of rotatable bonds is 2. The van der Waals surface area contributed by atoms with Crippen molar-refractivity contribution < 1.29 is 0 Å². The van der Waals surface area contributed by atoms with Crippen LogP contribution in [-0.2, 0) is 0 Å². The first-order valence-electron chi connectivity index (χ1n) is 3.26. The second-order valence-corrected chi connectivity index (χ2v) is 2.56. The van der Waals surface area contributed by atoms with Gasteiger partial charge in [0.05, 0.1) is 17.7 Å². The van der Waals surface area contributed by atoms with E-state index in [1.165, 1.54) is 0 Å². The molecule has 0 N–H and O–H groups in total. The van der Waals surface area contributed by atoms with Gasteiger partial charge >= 0.3 is 0 Å². The van der Waals surface area contributed by atoms with Gasteiger partial charge in [-0.05, 0) is 21.0 Å². The SMILES string of the molecule is C/C(C#N)=C(/C#N)CN(C)C. The Hall–Kier alpha value is -1.32. The molecule has 0 rings (SSSR count). The van der Waals surface area contributed by atoms with Gasteiger partial charge in [-0.2, -0.15) is 10.5 Å². The summed E-state index contributed by atoms with van der Waals surface area (Å²) in [6.07, 6.45) is 0. The van der Waals surface area contributed by atoms with Gasteiger partial charge in [0, 0.05) is 12.1 Å². The third-order valence-corrected chi connectivity index (χ3v) is 1.23. The van der Waals surface area contributed by atoms with E-state index < -0.39 is 0 Å². The molecule has 0 amide bonds. The number of allylic oxidation sites excluding steroid dienone is 1. The van der Waals surface area contributed by atoms with Gasteiger partial charge in [-0.25, -0.2) is 0 Å². The lowest BCUT2D eigenvalue weighted by Crippen LogP contribution is -2.15. The maximum Gasteiger partial charge on any atom is 0.0971 e. The Morgan fingerprint density at radius 2 is 1.82 bits per heavy atom. The van der Waals surface area contributed by atoms with Crippen molar-refractivity contribution in [2.24, 2.45) is 0 Å². The van der Waals surface area contributed by atoms with Crippen LogP contribution in [0.5, 0.6) is 0 Å². The van der Waals surface area contributed by atoms with Crippen LogP contribution in [0.15, 0.2) is 11.1 Å². The summed E-state index contributed by atoms with van der Waals surface area (Å²) in [5.41, 5.74) is 1.04. The minimum atomic E-state index is 0.501. The largest absolute Gasteiger partial charge is 0.304 e. The smallest absolute Gasteiger partial charge is 0.0971 e. The molecular formula is C8H11N3. The molecule has 0 fully saturated rings. The summed E-state index contributed by atoms with van der Waals surface area (Å²) in [6.45, 7) is 2.19. The van der Waals surface area contributed by atoms with Crippen molar-refractivity contribution in [2.45, 2.75) is 6.92 Å². The Balaban J connectivity index is 4.47. The Morgan fingerprint density at radius 3 is 2.09 bits per heavy atom. The third-order valence-electron chi connectivity index (χ3n) is 1.23. The van der Waals surface area contributed by atoms with Crippen LogP contribution in [0.2, 0.25) is 0 Å². The fourth-order valence-electron chi connectivity index (χ4n) is 0.622. The normalized spacial score (nSPS) is 11.8. The van der Waals surface area contributed by atoms with Gasteiger partial charge in [0.2, 0.25) is 0 Å². The molecule has 0 aromatic heterocycles. The molecule has 58 valence electrons. The summed E-state index contributed by atoms with van der Waals surface area (Å²) in [7, 11) is 3.73. The fraction of sp³-hybridized carbons (Fsp3) is 0.500. The molecule has 3 heteroatoms. The monoisotopic (exact) mass is 149 g/mol. The molecule has 0 radical (unpaired) electrons. The van der Waals surface area contributed by atoms with Crippen molar-refractivity contribution in [1.29, 1.82) is 10.5 Å². The average molecular weight is 149 g/mol. The molecule has 0 saturated heterocycles. The topological polar surface area (TPSA) is 50.8 Å². The van der Waals surface area contributed by atoms with E-state index in [1.807, 2.05) is 31.1 Å². The quantitative estimate of drug-likeness (QED) is 0.548. The van der Waals surface area contributed by atoms with Crippen molar-refractivity contribution in [2.75, 3.05) is 20.6 Å². The molecule has 11 heavy (non-hydrogen) atoms. The van der Waals surface area contributed by atoms with Gasteiger partial charge < -0.3 is 4.90 Å². The van der Waals surface area contributed by atoms with E-state index in [0.717, 1.165) is 0 Å². The molecule has 0 unspecified atom stereocenters. The molecule has 0 aliphatic carbocycles. The van der Waals surface area contributed by atoms with E-state index in [1.54, 1.807) is 6.92 Å². The third kappa shape index (κ3) is 3.40. The fourth-order valence-corrected chi connectivity index (χ4v) is 0.622. The second kappa shape index (κ2) is 4.49. The maximum atomic E-state index is 8.59. The minimum absolute atomic E-state index is 0.501. The van der Waals surface area contributed by atoms with Crippen molar-refractivity contribution >= 4 is 0 Å². The predicted molar refractivity (Wildman–Crippen MR) is 42.5 cm³/mol. The lowest BCUT2D eigenvalue weighted by molar-refractivity contribution is 0.449. The molecule has 3 nitrogen and oxygen atoms in total. The van der Waals surface area contributed by atoms with Crippen LogP contribution in [0.1, 0.15) is 6.92 Å². The van der Waals surface area contributed by atoms with Gasteiger partial charge in [-0.3, -0.25) is 0 Å². The maximum absolute atomic E-state index is 8.59. The van der Waals surface area contributed by atoms with Crippen molar-refractivity contribution in [3.63, 3.8) is 0 Å². The summed E-state index contributed by atoms with van der Waals surface area (Å²) in [5.74, 6) is 0. The first-order chi connectivity index (χ1) is 5.11. The van der Waals surface area contributed by atoms with Gasteiger partial charge in [0.25, 0.3) is 0 Å². The molecule has 0 heterocycles. The van der Waals surface area contributed by atoms with E-state index in [2.05, 4.69) is 0 Å². The zero-order chi connectivity index (χ0) is 8.85. The van der Waals surface area contributed by atoms with Crippen LogP contribution in [0.3, 0.4) is 0 Å². The first-order valence-corrected chi connectivity index (χ1v) is 3.26. The summed E-state index contributed by atoms with van der Waals surface area (Å²) >= 11 is 0. The lowest BCUT2D eigenvalue weighted by Gasteiger charge is -2.07. The van der Waals surface area contributed by atoms with Crippen molar-refractivity contribution in [1.82, 2.24) is 4.90 Å². The lowest BCUT2D eigenvalue weighted by atomic mass is 10.1. The summed E-state index contributed by atoms with van der Waals surface area (Å²) < 4.78 is 0. The first kappa shape index (κ1) is 9.68. The van der Waals surface area contributed by atoms with E-state index in [9.17, 15) is 0 Å². The highest BCUT2D eigenvalue weighted by atomic mass is 15.0. The van der Waals surface area contributed by atoms with Gasteiger partial charge in [-0.15, -0.1) is 0 Å². The van der Waals surface area contributed by atoms with Crippen LogP contribution in [0.25, 0.3) is 0 Å². The van der Waals surface area contributed by atoms with Crippen molar-refractivity contribution in [3.05, 3.63) is 11.1 Å². The number of hydrogen-bond donors (Lipinski definition) is 0. The number of likely N-dealkylation sites (N-methyl/N-ethyl adjacent to an activating group) is 1. The predicted octanol–water partition coefficient (Wildman–Crippen LogP) is 0.912. The van der Waals surface area contributed by atoms with Crippen LogP contribution in [-0.4, -0.2) is 25.5 Å². The molecule has 0 bridgehead atoms. The van der Waals surface area contributed by atoms with E-state index in [0.29, 0.717) is 17.7 Å². The Bertz CT molecular complexity index is 237. The Morgan fingerprint density at radius 1 is 1.27 bits per heavy atom. The van der Waals surface area contributed by atoms with Gasteiger partial charge in [0.15, 0.2) is 0 Å². The summed E-state index contributed by atoms with van der Waals surface area (Å²) in [4.78, 5) is 1.86. The highest BCUT2D eigenvalue weighted by Crippen LogP contribution is 2.01. The average Bonchev–Trinajstić information content (AvgIpc) is 1.98. The van der Waals surface area contributed by atoms with Crippen molar-refractivity contribution in [3.8, 4) is 12.1 Å². The number of nitrogens with zero attached hydrogens (tertiary/aromatic N) is 3. The molecule has 0 atom stereocenters. The summed E-state index contributed by atoms with van der Waals surface area (Å²) in [6, 6.07) is 3.95. The van der Waals surface area contributed by atoms with Crippen LogP contribution < -0.4 is 0 Å². The standard InChI is InChI=1S/C8H11N3/c1-7(4-9)8(5-10)6-11(2)3/h6H2,1-3H3/b8-7+. The van der Waals surface area contributed by atoms with Crippen LogP contribution in [0, 0.1) is 22.7 Å². The second-order valence-electron chi connectivity index (χ2n) is 2.56. The zero-order valence-corrected chi connectivity index (χ0v) is 7.05. The summed E-state index contributed by atoms with van der Waals surface area (Å²) in [5, 5.41) is 17.1. The van der Waals surface area contributed by atoms with E-state index >= 15 is 0 Å². The molecule has 0 saturated carbocycles. The number of nitriles is 2. The van der Waals surface area contributed by atoms with Crippen LogP contribution >= 0.6 is 0 Å². The number of hydrogen-bond acceptors (Lipinski definition) is 3. The zero-order valence-electron chi connectivity index (χ0n) is 7.05. The molecule has 0 spiro atoms. The molecule has 0 aliphatic rings. The molecule has 0 aromatic carbocycles. The highest BCUT2D eigenvalue weighted by molar-refractivity contribution is 5.35. The van der Waals surface area contributed by atoms with E-state index in [-0.39, 0.29) is 0 Å². The Kier molecular flexibility index (Phi) is 3.95. The van der Waals surface area contributed by atoms with Gasteiger partial charge in [-0.1, -0.05) is 0 Å². The van der Waals surface area contributed by atoms with Gasteiger partial charge in [0.1, 0.15) is 0 Å². The Labute approximate surface area is 67.1 Å².